The summed E-state index contributed by atoms with van der Waals surface area (Å²) in [6.07, 6.45) is 1.05. The summed E-state index contributed by atoms with van der Waals surface area (Å²) in [5, 5.41) is 12.0. The Hall–Kier alpha value is -2.03. The van der Waals surface area contributed by atoms with Gasteiger partial charge in [0.25, 0.3) is 6.43 Å². The monoisotopic (exact) mass is 329 g/mol. The Labute approximate surface area is 130 Å². The van der Waals surface area contributed by atoms with E-state index in [1.165, 1.54) is 12.4 Å². The van der Waals surface area contributed by atoms with Crippen LogP contribution in [0.4, 0.5) is 19.3 Å². The summed E-state index contributed by atoms with van der Waals surface area (Å²) in [5.74, 6) is 0. The number of nitrogens with one attached hydrogen (secondary N) is 2. The van der Waals surface area contributed by atoms with Crippen LogP contribution in [-0.2, 0) is 13.0 Å². The van der Waals surface area contributed by atoms with E-state index < -0.39 is 19.0 Å². The van der Waals surface area contributed by atoms with Crippen LogP contribution in [0.5, 0.6) is 0 Å². The van der Waals surface area contributed by atoms with Crippen LogP contribution in [0.1, 0.15) is 30.6 Å². The quantitative estimate of drug-likeness (QED) is 0.855. The first-order valence-corrected chi connectivity index (χ1v) is 7.68. The number of aryl methyl sites for hydroxylation is 1. The van der Waals surface area contributed by atoms with Crippen molar-refractivity contribution in [2.75, 3.05) is 5.32 Å². The molecule has 2 heterocycles. The van der Waals surface area contributed by atoms with Crippen LogP contribution in [0.3, 0.4) is 0 Å². The highest BCUT2D eigenvalue weighted by molar-refractivity contribution is 7.09. The Kier molecular flexibility index (Phi) is 5.42. The molecule has 2 aromatic heterocycles. The Bertz CT molecular complexity index is 627. The summed E-state index contributed by atoms with van der Waals surface area (Å²) in [6, 6.07) is -0.678. The van der Waals surface area contributed by atoms with E-state index in [4.69, 9.17) is 0 Å². The number of urea groups is 1. The van der Waals surface area contributed by atoms with E-state index in [1.807, 2.05) is 19.2 Å². The van der Waals surface area contributed by atoms with Gasteiger partial charge in [-0.1, -0.05) is 6.92 Å². The third-order valence-electron chi connectivity index (χ3n) is 2.88. The standard InChI is InChI=1S/C13H17F2N5OS/c1-3-12-19-10(7-22-12)8(2)17-13(21)18-9-4-16-20(5-9)6-11(14)15/h4-5,7-8,11H,3,6H2,1-2H3,(H2,17,18,21)/t8-/m0/s1. The van der Waals surface area contributed by atoms with Crippen molar-refractivity contribution in [1.29, 1.82) is 0 Å². The molecule has 0 unspecified atom stereocenters. The fourth-order valence-corrected chi connectivity index (χ4v) is 2.63. The second-order valence-electron chi connectivity index (χ2n) is 4.68. The van der Waals surface area contributed by atoms with E-state index in [2.05, 4.69) is 20.7 Å². The number of rotatable bonds is 6. The Balaban J connectivity index is 1.88. The van der Waals surface area contributed by atoms with Gasteiger partial charge >= 0.3 is 6.03 Å². The maximum atomic E-state index is 12.2. The van der Waals surface area contributed by atoms with Gasteiger partial charge in [0.15, 0.2) is 0 Å². The van der Waals surface area contributed by atoms with Crippen molar-refractivity contribution >= 4 is 23.1 Å². The zero-order valence-electron chi connectivity index (χ0n) is 12.2. The molecule has 6 nitrogen and oxygen atoms in total. The molecule has 2 aromatic rings. The Morgan fingerprint density at radius 3 is 2.91 bits per heavy atom. The maximum Gasteiger partial charge on any atom is 0.319 e. The minimum Gasteiger partial charge on any atom is -0.330 e. The first-order chi connectivity index (χ1) is 10.5. The van der Waals surface area contributed by atoms with Gasteiger partial charge in [-0.15, -0.1) is 11.3 Å². The number of thiazole rings is 1. The molecule has 2 amide bonds. The van der Waals surface area contributed by atoms with Gasteiger partial charge in [0.2, 0.25) is 0 Å². The van der Waals surface area contributed by atoms with E-state index in [1.54, 1.807) is 11.3 Å². The lowest BCUT2D eigenvalue weighted by Gasteiger charge is -2.11. The van der Waals surface area contributed by atoms with Crippen LogP contribution in [-0.4, -0.2) is 27.2 Å². The highest BCUT2D eigenvalue weighted by Gasteiger charge is 2.13. The minimum atomic E-state index is -2.49. The van der Waals surface area contributed by atoms with Crippen molar-refractivity contribution in [3.8, 4) is 0 Å². The van der Waals surface area contributed by atoms with Gasteiger partial charge in [-0.05, 0) is 13.3 Å². The summed E-state index contributed by atoms with van der Waals surface area (Å²) < 4.78 is 25.5. The van der Waals surface area contributed by atoms with Gasteiger partial charge in [-0.2, -0.15) is 5.10 Å². The molecule has 0 aliphatic heterocycles. The highest BCUT2D eigenvalue weighted by atomic mass is 32.1. The average Bonchev–Trinajstić information content (AvgIpc) is 3.07. The molecule has 0 fully saturated rings. The first-order valence-electron chi connectivity index (χ1n) is 6.80. The molecule has 2 rings (SSSR count). The normalized spacial score (nSPS) is 12.4. The van der Waals surface area contributed by atoms with Crippen molar-refractivity contribution in [2.24, 2.45) is 0 Å². The van der Waals surface area contributed by atoms with E-state index in [0.717, 1.165) is 21.8 Å². The van der Waals surface area contributed by atoms with Crippen LogP contribution >= 0.6 is 11.3 Å². The number of amides is 2. The van der Waals surface area contributed by atoms with E-state index in [9.17, 15) is 13.6 Å². The number of anilines is 1. The SMILES string of the molecule is CCc1nc([C@H](C)NC(=O)Nc2cnn(CC(F)F)c2)cs1. The van der Waals surface area contributed by atoms with Gasteiger partial charge in [0, 0.05) is 11.6 Å². The predicted octanol–water partition coefficient (Wildman–Crippen LogP) is 3.05. The number of hydrogen-bond acceptors (Lipinski definition) is 4. The molecule has 22 heavy (non-hydrogen) atoms. The Morgan fingerprint density at radius 1 is 1.50 bits per heavy atom. The fourth-order valence-electron chi connectivity index (χ4n) is 1.79. The second-order valence-corrected chi connectivity index (χ2v) is 5.62. The smallest absolute Gasteiger partial charge is 0.319 e. The maximum absolute atomic E-state index is 12.2. The molecule has 0 spiro atoms. The van der Waals surface area contributed by atoms with Crippen LogP contribution in [0, 0.1) is 0 Å². The fraction of sp³-hybridized carbons (Fsp3) is 0.462. The van der Waals surface area contributed by atoms with E-state index in [0.29, 0.717) is 5.69 Å². The molecule has 9 heteroatoms. The topological polar surface area (TPSA) is 71.8 Å². The summed E-state index contributed by atoms with van der Waals surface area (Å²) in [6.45, 7) is 3.34. The van der Waals surface area contributed by atoms with Crippen LogP contribution < -0.4 is 10.6 Å². The van der Waals surface area contributed by atoms with Gasteiger partial charge in [-0.3, -0.25) is 4.68 Å². The zero-order valence-corrected chi connectivity index (χ0v) is 13.0. The summed E-state index contributed by atoms with van der Waals surface area (Å²) in [7, 11) is 0. The second kappa shape index (κ2) is 7.30. The lowest BCUT2D eigenvalue weighted by Crippen LogP contribution is -2.31. The van der Waals surface area contributed by atoms with Crippen molar-refractivity contribution < 1.29 is 13.6 Å². The van der Waals surface area contributed by atoms with Crippen LogP contribution in [0.2, 0.25) is 0 Å². The summed E-state index contributed by atoms with van der Waals surface area (Å²) >= 11 is 1.55. The van der Waals surface area contributed by atoms with Crippen LogP contribution in [0.15, 0.2) is 17.8 Å². The van der Waals surface area contributed by atoms with Crippen molar-refractivity contribution in [2.45, 2.75) is 39.3 Å². The van der Waals surface area contributed by atoms with Crippen LogP contribution in [0.25, 0.3) is 0 Å². The van der Waals surface area contributed by atoms with Crippen molar-refractivity contribution in [3.63, 3.8) is 0 Å². The molecule has 0 aliphatic rings. The summed E-state index contributed by atoms with van der Waals surface area (Å²) in [4.78, 5) is 16.3. The van der Waals surface area contributed by atoms with Crippen molar-refractivity contribution in [3.05, 3.63) is 28.5 Å². The number of halogens is 2. The number of carbonyl (C=O) groups is 1. The first kappa shape index (κ1) is 16.3. The van der Waals surface area contributed by atoms with Gasteiger partial charge < -0.3 is 10.6 Å². The number of alkyl halides is 2. The number of carbonyl (C=O) groups excluding carboxylic acids is 1. The zero-order chi connectivity index (χ0) is 16.1. The molecular formula is C13H17F2N5OS. The number of nitrogens with zero attached hydrogens (tertiary/aromatic N) is 3. The molecule has 0 saturated carbocycles. The lowest BCUT2D eigenvalue weighted by molar-refractivity contribution is 0.122. The van der Waals surface area contributed by atoms with Crippen molar-refractivity contribution in [1.82, 2.24) is 20.1 Å². The number of aromatic nitrogens is 3. The third-order valence-corrected chi connectivity index (χ3v) is 3.89. The molecule has 0 aromatic carbocycles. The summed E-state index contributed by atoms with van der Waals surface area (Å²) in [5.41, 5.74) is 1.16. The van der Waals surface area contributed by atoms with Gasteiger partial charge in [-0.25, -0.2) is 18.6 Å². The van der Waals surface area contributed by atoms with E-state index in [-0.39, 0.29) is 6.04 Å². The third kappa shape index (κ3) is 4.48. The molecular weight excluding hydrogens is 312 g/mol. The molecule has 0 bridgehead atoms. The molecule has 0 radical (unpaired) electrons. The Morgan fingerprint density at radius 2 is 2.27 bits per heavy atom. The van der Waals surface area contributed by atoms with E-state index >= 15 is 0 Å². The minimum absolute atomic E-state index is 0.243. The molecule has 120 valence electrons. The molecule has 1 atom stereocenters. The average molecular weight is 329 g/mol. The largest absolute Gasteiger partial charge is 0.330 e. The molecule has 0 aliphatic carbocycles. The van der Waals surface area contributed by atoms with Gasteiger partial charge in [0.05, 0.1) is 28.6 Å². The molecule has 0 saturated heterocycles. The number of hydrogen-bond donors (Lipinski definition) is 2. The highest BCUT2D eigenvalue weighted by Crippen LogP contribution is 2.17. The molecule has 2 N–H and O–H groups in total. The lowest BCUT2D eigenvalue weighted by atomic mass is 10.2. The predicted molar refractivity (Wildman–Crippen MR) is 80.3 cm³/mol. The van der Waals surface area contributed by atoms with Gasteiger partial charge in [0.1, 0.15) is 6.54 Å².